The molecule has 17 heavy (non-hydrogen) atoms. The third-order valence-electron chi connectivity index (χ3n) is 3.17. The zero-order valence-corrected chi connectivity index (χ0v) is 10.0. The average Bonchev–Trinajstić information content (AvgIpc) is 2.27. The van der Waals surface area contributed by atoms with E-state index in [0.29, 0.717) is 12.4 Å². The van der Waals surface area contributed by atoms with E-state index in [-0.39, 0.29) is 11.4 Å². The normalized spacial score (nSPS) is 17.5. The zero-order valence-electron chi connectivity index (χ0n) is 10.0. The van der Waals surface area contributed by atoms with Crippen molar-refractivity contribution in [1.82, 2.24) is 5.32 Å². The van der Waals surface area contributed by atoms with Gasteiger partial charge >= 0.3 is 0 Å². The summed E-state index contributed by atoms with van der Waals surface area (Å²) in [6.07, 6.45) is 1.87. The van der Waals surface area contributed by atoms with E-state index in [0.717, 1.165) is 25.9 Å². The molecule has 0 unspecified atom stereocenters. The molecule has 1 aliphatic heterocycles. The molecule has 1 fully saturated rings. The quantitative estimate of drug-likeness (QED) is 0.770. The highest BCUT2D eigenvalue weighted by Crippen LogP contribution is 2.22. The number of hydrogen-bond donors (Lipinski definition) is 1. The summed E-state index contributed by atoms with van der Waals surface area (Å²) in [7, 11) is 1.74. The van der Waals surface area contributed by atoms with Crippen LogP contribution in [0, 0.1) is 5.82 Å². The molecule has 0 radical (unpaired) electrons. The maximum atomic E-state index is 12.9. The Morgan fingerprint density at radius 1 is 1.41 bits per heavy atom. The van der Waals surface area contributed by atoms with Crippen molar-refractivity contribution in [3.8, 4) is 5.75 Å². The number of benzene rings is 1. The standard InChI is InChI=1S/C13H18FNO2/c1-16-13(9-15-10-13)6-3-7-17-12-5-2-4-11(14)8-12/h2,4-5,8,15H,3,6-7,9-10H2,1H3. The number of rotatable bonds is 6. The lowest BCUT2D eigenvalue weighted by molar-refractivity contribution is -0.0598. The highest BCUT2D eigenvalue weighted by Gasteiger charge is 2.36. The second kappa shape index (κ2) is 5.47. The van der Waals surface area contributed by atoms with Crippen molar-refractivity contribution in [3.05, 3.63) is 30.1 Å². The Hall–Kier alpha value is -1.13. The molecule has 0 atom stereocenters. The van der Waals surface area contributed by atoms with Gasteiger partial charge in [0.05, 0.1) is 12.2 Å². The number of methoxy groups -OCH3 is 1. The molecule has 0 aromatic heterocycles. The van der Waals surface area contributed by atoms with E-state index in [1.807, 2.05) is 0 Å². The van der Waals surface area contributed by atoms with Crippen LogP contribution in [0.4, 0.5) is 4.39 Å². The van der Waals surface area contributed by atoms with Crippen LogP contribution in [0.25, 0.3) is 0 Å². The van der Waals surface area contributed by atoms with Gasteiger partial charge in [0.25, 0.3) is 0 Å². The highest BCUT2D eigenvalue weighted by atomic mass is 19.1. The molecule has 0 saturated carbocycles. The SMILES string of the molecule is COC1(CCCOc2cccc(F)c2)CNC1. The van der Waals surface area contributed by atoms with E-state index >= 15 is 0 Å². The van der Waals surface area contributed by atoms with Crippen LogP contribution in [0.1, 0.15) is 12.8 Å². The molecule has 1 aromatic rings. The molecule has 1 N–H and O–H groups in total. The van der Waals surface area contributed by atoms with Crippen molar-refractivity contribution < 1.29 is 13.9 Å². The molecule has 3 nitrogen and oxygen atoms in total. The average molecular weight is 239 g/mol. The van der Waals surface area contributed by atoms with Gasteiger partial charge in [0.1, 0.15) is 11.6 Å². The monoisotopic (exact) mass is 239 g/mol. The Morgan fingerprint density at radius 3 is 2.82 bits per heavy atom. The minimum atomic E-state index is -0.265. The first kappa shape index (κ1) is 12.3. The van der Waals surface area contributed by atoms with E-state index < -0.39 is 0 Å². The van der Waals surface area contributed by atoms with Crippen molar-refractivity contribution in [2.24, 2.45) is 0 Å². The fraction of sp³-hybridized carbons (Fsp3) is 0.538. The van der Waals surface area contributed by atoms with E-state index in [4.69, 9.17) is 9.47 Å². The van der Waals surface area contributed by atoms with Crippen molar-refractivity contribution in [3.63, 3.8) is 0 Å². The molecule has 0 aliphatic carbocycles. The molecule has 0 bridgehead atoms. The summed E-state index contributed by atoms with van der Waals surface area (Å²) < 4.78 is 23.8. The number of nitrogens with one attached hydrogen (secondary N) is 1. The first-order valence-corrected chi connectivity index (χ1v) is 5.88. The molecule has 1 heterocycles. The van der Waals surface area contributed by atoms with Gasteiger partial charge in [-0.25, -0.2) is 4.39 Å². The van der Waals surface area contributed by atoms with E-state index in [9.17, 15) is 4.39 Å². The first-order valence-electron chi connectivity index (χ1n) is 5.88. The second-order valence-corrected chi connectivity index (χ2v) is 4.40. The van der Waals surface area contributed by atoms with Gasteiger partial charge in [0, 0.05) is 26.3 Å². The lowest BCUT2D eigenvalue weighted by Gasteiger charge is -2.41. The second-order valence-electron chi connectivity index (χ2n) is 4.40. The fourth-order valence-corrected chi connectivity index (χ4v) is 1.97. The Labute approximate surface area is 101 Å². The third-order valence-corrected chi connectivity index (χ3v) is 3.17. The van der Waals surface area contributed by atoms with Gasteiger partial charge in [-0.05, 0) is 25.0 Å². The van der Waals surface area contributed by atoms with Gasteiger partial charge in [-0.15, -0.1) is 0 Å². The maximum Gasteiger partial charge on any atom is 0.126 e. The van der Waals surface area contributed by atoms with Gasteiger partial charge in [-0.1, -0.05) is 6.07 Å². The van der Waals surface area contributed by atoms with Crippen molar-refractivity contribution in [2.75, 3.05) is 26.8 Å². The predicted molar refractivity (Wildman–Crippen MR) is 63.7 cm³/mol. The summed E-state index contributed by atoms with van der Waals surface area (Å²) in [6.45, 7) is 2.40. The molecular formula is C13H18FNO2. The molecule has 1 saturated heterocycles. The summed E-state index contributed by atoms with van der Waals surface area (Å²) >= 11 is 0. The molecular weight excluding hydrogens is 221 g/mol. The van der Waals surface area contributed by atoms with Gasteiger partial charge in [-0.2, -0.15) is 0 Å². The summed E-state index contributed by atoms with van der Waals surface area (Å²) in [4.78, 5) is 0. The molecule has 1 aliphatic rings. The van der Waals surface area contributed by atoms with Crippen molar-refractivity contribution in [1.29, 1.82) is 0 Å². The fourth-order valence-electron chi connectivity index (χ4n) is 1.97. The van der Waals surface area contributed by atoms with Crippen LogP contribution in [0.15, 0.2) is 24.3 Å². The minimum Gasteiger partial charge on any atom is -0.493 e. The van der Waals surface area contributed by atoms with Crippen LogP contribution in [0.3, 0.4) is 0 Å². The van der Waals surface area contributed by atoms with Crippen LogP contribution in [0.2, 0.25) is 0 Å². The van der Waals surface area contributed by atoms with Crippen LogP contribution < -0.4 is 10.1 Å². The molecule has 4 heteroatoms. The third kappa shape index (κ3) is 3.17. The van der Waals surface area contributed by atoms with E-state index in [1.165, 1.54) is 12.1 Å². The molecule has 1 aromatic carbocycles. The van der Waals surface area contributed by atoms with Crippen molar-refractivity contribution in [2.45, 2.75) is 18.4 Å². The molecule has 0 spiro atoms. The minimum absolute atomic E-state index is 0.00863. The smallest absolute Gasteiger partial charge is 0.126 e. The van der Waals surface area contributed by atoms with Gasteiger partial charge in [0.2, 0.25) is 0 Å². The summed E-state index contributed by atoms with van der Waals surface area (Å²) in [5.74, 6) is 0.322. The summed E-state index contributed by atoms with van der Waals surface area (Å²) in [6, 6.07) is 6.22. The Balaban J connectivity index is 1.69. The number of hydrogen-bond acceptors (Lipinski definition) is 3. The first-order chi connectivity index (χ1) is 8.24. The maximum absolute atomic E-state index is 12.9. The zero-order chi connectivity index (χ0) is 12.1. The molecule has 94 valence electrons. The Bertz CT molecular complexity index is 361. The number of ether oxygens (including phenoxy) is 2. The molecule has 0 amide bonds. The Kier molecular flexibility index (Phi) is 3.97. The van der Waals surface area contributed by atoms with Gasteiger partial charge in [-0.3, -0.25) is 0 Å². The largest absolute Gasteiger partial charge is 0.493 e. The predicted octanol–water partition coefficient (Wildman–Crippen LogP) is 1.97. The highest BCUT2D eigenvalue weighted by molar-refractivity contribution is 5.22. The van der Waals surface area contributed by atoms with Crippen LogP contribution >= 0.6 is 0 Å². The van der Waals surface area contributed by atoms with E-state index in [2.05, 4.69) is 5.32 Å². The van der Waals surface area contributed by atoms with E-state index in [1.54, 1.807) is 19.2 Å². The van der Waals surface area contributed by atoms with Crippen molar-refractivity contribution >= 4 is 0 Å². The summed E-state index contributed by atoms with van der Waals surface area (Å²) in [5.41, 5.74) is -0.00863. The number of halogens is 1. The summed E-state index contributed by atoms with van der Waals surface area (Å²) in [5, 5.41) is 3.20. The lowest BCUT2D eigenvalue weighted by Crippen LogP contribution is -2.60. The van der Waals surface area contributed by atoms with Crippen LogP contribution in [-0.2, 0) is 4.74 Å². The van der Waals surface area contributed by atoms with Crippen LogP contribution in [-0.4, -0.2) is 32.4 Å². The van der Waals surface area contributed by atoms with Gasteiger partial charge < -0.3 is 14.8 Å². The Morgan fingerprint density at radius 2 is 2.24 bits per heavy atom. The van der Waals surface area contributed by atoms with Gasteiger partial charge in [0.15, 0.2) is 0 Å². The lowest BCUT2D eigenvalue weighted by atomic mass is 9.91. The topological polar surface area (TPSA) is 30.5 Å². The molecule has 2 rings (SSSR count). The van der Waals surface area contributed by atoms with Crippen LogP contribution in [0.5, 0.6) is 5.75 Å².